The minimum Gasteiger partial charge on any atom is -0.466 e. The van der Waals surface area contributed by atoms with Crippen molar-refractivity contribution in [3.05, 3.63) is 12.7 Å². The lowest BCUT2D eigenvalue weighted by molar-refractivity contribution is -0.155. The molecule has 0 aliphatic heterocycles. The van der Waals surface area contributed by atoms with Crippen LogP contribution in [-0.4, -0.2) is 24.6 Å². The molecule has 4 heteroatoms. The summed E-state index contributed by atoms with van der Waals surface area (Å²) in [6.45, 7) is 9.96. The minimum atomic E-state index is -0.349. The summed E-state index contributed by atoms with van der Waals surface area (Å²) in [5.74, 6) is -0.387. The van der Waals surface area contributed by atoms with Crippen LogP contribution in [0.1, 0.15) is 52.9 Å². The predicted molar refractivity (Wildman–Crippen MR) is 74.6 cm³/mol. The largest absolute Gasteiger partial charge is 0.466 e. The SMILES string of the molecule is C=CCCCOC(=O)CCC(=O)OC(CC)C(C)C. The van der Waals surface area contributed by atoms with Gasteiger partial charge in [0.1, 0.15) is 6.10 Å². The van der Waals surface area contributed by atoms with Crippen molar-refractivity contribution in [1.82, 2.24) is 0 Å². The Kier molecular flexibility index (Phi) is 9.85. The highest BCUT2D eigenvalue weighted by molar-refractivity contribution is 5.77. The Bertz CT molecular complexity index is 284. The molecule has 0 bridgehead atoms. The van der Waals surface area contributed by atoms with Gasteiger partial charge in [-0.25, -0.2) is 0 Å². The summed E-state index contributed by atoms with van der Waals surface area (Å²) < 4.78 is 10.3. The molecule has 0 aromatic carbocycles. The van der Waals surface area contributed by atoms with E-state index >= 15 is 0 Å². The molecule has 0 N–H and O–H groups in total. The predicted octanol–water partition coefficient (Wildman–Crippen LogP) is 3.25. The highest BCUT2D eigenvalue weighted by Gasteiger charge is 2.17. The number of unbranched alkanes of at least 4 members (excludes halogenated alkanes) is 1. The Morgan fingerprint density at radius 2 is 1.84 bits per heavy atom. The van der Waals surface area contributed by atoms with Gasteiger partial charge in [0, 0.05) is 0 Å². The van der Waals surface area contributed by atoms with Gasteiger partial charge in [-0.1, -0.05) is 26.8 Å². The Labute approximate surface area is 116 Å². The zero-order valence-corrected chi connectivity index (χ0v) is 12.3. The first kappa shape index (κ1) is 17.7. The van der Waals surface area contributed by atoms with Crippen LogP contribution < -0.4 is 0 Å². The van der Waals surface area contributed by atoms with Crippen molar-refractivity contribution in [1.29, 1.82) is 0 Å². The highest BCUT2D eigenvalue weighted by atomic mass is 16.5. The number of hydrogen-bond donors (Lipinski definition) is 0. The van der Waals surface area contributed by atoms with Crippen molar-refractivity contribution in [2.45, 2.75) is 59.0 Å². The maximum absolute atomic E-state index is 11.6. The van der Waals surface area contributed by atoms with Gasteiger partial charge in [-0.3, -0.25) is 9.59 Å². The van der Waals surface area contributed by atoms with Crippen molar-refractivity contribution >= 4 is 11.9 Å². The average molecular weight is 270 g/mol. The van der Waals surface area contributed by atoms with Crippen molar-refractivity contribution in [2.24, 2.45) is 5.92 Å². The van der Waals surface area contributed by atoms with E-state index in [1.54, 1.807) is 6.08 Å². The van der Waals surface area contributed by atoms with Crippen LogP contribution in [0, 0.1) is 5.92 Å². The van der Waals surface area contributed by atoms with Crippen molar-refractivity contribution in [2.75, 3.05) is 6.61 Å². The molecule has 0 aliphatic rings. The average Bonchev–Trinajstić information content (AvgIpc) is 2.38. The number of ether oxygens (including phenoxy) is 2. The third-order valence-electron chi connectivity index (χ3n) is 2.78. The van der Waals surface area contributed by atoms with E-state index in [4.69, 9.17) is 9.47 Å². The lowest BCUT2D eigenvalue weighted by Crippen LogP contribution is -2.23. The summed E-state index contributed by atoms with van der Waals surface area (Å²) in [6, 6.07) is 0. The molecule has 110 valence electrons. The van der Waals surface area contributed by atoms with Crippen molar-refractivity contribution in [3.8, 4) is 0 Å². The molecule has 4 nitrogen and oxygen atoms in total. The number of carbonyl (C=O) groups excluding carboxylic acids is 2. The second-order valence-corrected chi connectivity index (χ2v) is 4.83. The van der Waals surface area contributed by atoms with Gasteiger partial charge < -0.3 is 9.47 Å². The lowest BCUT2D eigenvalue weighted by atomic mass is 10.1. The van der Waals surface area contributed by atoms with E-state index in [2.05, 4.69) is 6.58 Å². The van der Waals surface area contributed by atoms with E-state index < -0.39 is 0 Å². The summed E-state index contributed by atoms with van der Waals surface area (Å²) in [5, 5.41) is 0. The summed E-state index contributed by atoms with van der Waals surface area (Å²) in [5.41, 5.74) is 0. The molecule has 0 saturated heterocycles. The van der Waals surface area contributed by atoms with Crippen LogP contribution in [-0.2, 0) is 19.1 Å². The van der Waals surface area contributed by atoms with Gasteiger partial charge in [0.25, 0.3) is 0 Å². The van der Waals surface area contributed by atoms with Crippen LogP contribution in [0.2, 0.25) is 0 Å². The molecule has 0 amide bonds. The molecule has 0 radical (unpaired) electrons. The second-order valence-electron chi connectivity index (χ2n) is 4.83. The molecule has 0 heterocycles. The summed E-state index contributed by atoms with van der Waals surface area (Å²) >= 11 is 0. The molecule has 19 heavy (non-hydrogen) atoms. The van der Waals surface area contributed by atoms with E-state index in [0.717, 1.165) is 19.3 Å². The van der Waals surface area contributed by atoms with Crippen molar-refractivity contribution in [3.63, 3.8) is 0 Å². The van der Waals surface area contributed by atoms with Gasteiger partial charge in [-0.15, -0.1) is 6.58 Å². The van der Waals surface area contributed by atoms with E-state index in [1.807, 2.05) is 20.8 Å². The van der Waals surface area contributed by atoms with E-state index in [9.17, 15) is 9.59 Å². The molecule has 0 fully saturated rings. The van der Waals surface area contributed by atoms with Crippen LogP contribution >= 0.6 is 0 Å². The van der Waals surface area contributed by atoms with Crippen LogP contribution in [0.15, 0.2) is 12.7 Å². The Morgan fingerprint density at radius 3 is 2.37 bits per heavy atom. The summed E-state index contributed by atoms with van der Waals surface area (Å²) in [4.78, 5) is 22.9. The summed E-state index contributed by atoms with van der Waals surface area (Å²) in [7, 11) is 0. The molecule has 1 atom stereocenters. The maximum atomic E-state index is 11.6. The Balaban J connectivity index is 3.77. The molecule has 0 saturated carbocycles. The first-order valence-corrected chi connectivity index (χ1v) is 6.97. The summed E-state index contributed by atoms with van der Waals surface area (Å²) in [6.07, 6.45) is 4.26. The highest BCUT2D eigenvalue weighted by Crippen LogP contribution is 2.12. The topological polar surface area (TPSA) is 52.6 Å². The standard InChI is InChI=1S/C15H26O4/c1-5-7-8-11-18-14(16)9-10-15(17)19-13(6-2)12(3)4/h5,12-13H,1,6-11H2,2-4H3. The molecule has 0 rings (SSSR count). The van der Waals surface area contributed by atoms with Gasteiger partial charge in [0.15, 0.2) is 0 Å². The number of rotatable bonds is 10. The second kappa shape index (κ2) is 10.6. The van der Waals surface area contributed by atoms with Gasteiger partial charge >= 0.3 is 11.9 Å². The monoisotopic (exact) mass is 270 g/mol. The van der Waals surface area contributed by atoms with Crippen LogP contribution in [0.5, 0.6) is 0 Å². The molecular formula is C15H26O4. The van der Waals surface area contributed by atoms with Gasteiger partial charge in [0.2, 0.25) is 0 Å². The molecule has 0 aromatic rings. The van der Waals surface area contributed by atoms with Gasteiger partial charge in [-0.2, -0.15) is 0 Å². The third kappa shape index (κ3) is 9.28. The van der Waals surface area contributed by atoms with Crippen LogP contribution in [0.3, 0.4) is 0 Å². The fourth-order valence-corrected chi connectivity index (χ4v) is 1.61. The van der Waals surface area contributed by atoms with Crippen LogP contribution in [0.25, 0.3) is 0 Å². The Morgan fingerprint density at radius 1 is 1.21 bits per heavy atom. The quantitative estimate of drug-likeness (QED) is 0.347. The zero-order chi connectivity index (χ0) is 14.7. The van der Waals surface area contributed by atoms with Gasteiger partial charge in [-0.05, 0) is 25.2 Å². The first-order chi connectivity index (χ1) is 9.01. The van der Waals surface area contributed by atoms with Crippen molar-refractivity contribution < 1.29 is 19.1 Å². The number of hydrogen-bond acceptors (Lipinski definition) is 4. The zero-order valence-electron chi connectivity index (χ0n) is 12.3. The third-order valence-corrected chi connectivity index (χ3v) is 2.78. The lowest BCUT2D eigenvalue weighted by Gasteiger charge is -2.19. The molecule has 0 aliphatic carbocycles. The minimum absolute atomic E-state index is 0.0730. The molecule has 0 aromatic heterocycles. The normalized spacial score (nSPS) is 12.0. The fourth-order valence-electron chi connectivity index (χ4n) is 1.61. The molecule has 0 spiro atoms. The number of carbonyl (C=O) groups is 2. The smallest absolute Gasteiger partial charge is 0.306 e. The molecular weight excluding hydrogens is 244 g/mol. The van der Waals surface area contributed by atoms with Gasteiger partial charge in [0.05, 0.1) is 19.4 Å². The van der Waals surface area contributed by atoms with E-state index in [-0.39, 0.29) is 30.9 Å². The van der Waals surface area contributed by atoms with E-state index in [1.165, 1.54) is 0 Å². The maximum Gasteiger partial charge on any atom is 0.306 e. The van der Waals surface area contributed by atoms with Crippen LogP contribution in [0.4, 0.5) is 0 Å². The molecule has 1 unspecified atom stereocenters. The van der Waals surface area contributed by atoms with E-state index in [0.29, 0.717) is 12.5 Å². The first-order valence-electron chi connectivity index (χ1n) is 6.97. The number of allylic oxidation sites excluding steroid dienone is 1. The fraction of sp³-hybridized carbons (Fsp3) is 0.733. The number of esters is 2. The Hall–Kier alpha value is -1.32.